The molecule has 0 aliphatic rings. The molecule has 0 aromatic heterocycles. The number of carbonyl (C=O) groups excluding carboxylic acids is 1. The summed E-state index contributed by atoms with van der Waals surface area (Å²) >= 11 is 7.42. The Labute approximate surface area is 114 Å². The Morgan fingerprint density at radius 3 is 2.53 bits per heavy atom. The quantitative estimate of drug-likeness (QED) is 0.379. The minimum absolute atomic E-state index is 0.0624. The van der Waals surface area contributed by atoms with Gasteiger partial charge in [0.05, 0.1) is 16.9 Å². The van der Waals surface area contributed by atoms with Gasteiger partial charge in [0.1, 0.15) is 0 Å². The molecular weight excluding hydrogens is 364 g/mol. The molecule has 1 aromatic rings. The van der Waals surface area contributed by atoms with E-state index in [4.69, 9.17) is 16.7 Å². The van der Waals surface area contributed by atoms with Crippen LogP contribution >= 0.6 is 34.2 Å². The number of carboxylic acid groups (broad SMARTS) is 1. The Balaban J connectivity index is 3.26. The van der Waals surface area contributed by atoms with Crippen LogP contribution in [0.2, 0.25) is 5.02 Å². The van der Waals surface area contributed by atoms with Gasteiger partial charge in [0.15, 0.2) is 0 Å². The smallest absolute Gasteiger partial charge is 0.372 e. The molecule has 1 aromatic carbocycles. The topological polar surface area (TPSA) is 97.5 Å². The van der Waals surface area contributed by atoms with Crippen LogP contribution < -0.4 is 0 Å². The van der Waals surface area contributed by atoms with E-state index >= 15 is 0 Å². The first kappa shape index (κ1) is 13.8. The number of nitro groups is 1. The van der Waals surface area contributed by atoms with Gasteiger partial charge >= 0.3 is 5.97 Å². The van der Waals surface area contributed by atoms with Gasteiger partial charge in [0.25, 0.3) is 5.69 Å². The zero-order chi connectivity index (χ0) is 13.2. The lowest BCUT2D eigenvalue weighted by molar-refractivity contribution is -0.385. The van der Waals surface area contributed by atoms with Crippen molar-refractivity contribution in [2.45, 2.75) is 6.42 Å². The number of ketones is 1. The summed E-state index contributed by atoms with van der Waals surface area (Å²) in [5, 5.41) is 19.4. The Morgan fingerprint density at radius 2 is 2.06 bits per heavy atom. The molecule has 0 atom stereocenters. The number of hydrogen-bond donors (Lipinski definition) is 1. The Bertz CT molecular complexity index is 516. The van der Waals surface area contributed by atoms with E-state index in [9.17, 15) is 19.7 Å². The first-order valence-electron chi connectivity index (χ1n) is 4.21. The van der Waals surface area contributed by atoms with E-state index in [0.29, 0.717) is 3.57 Å². The number of carbonyl (C=O) groups is 2. The number of rotatable bonds is 4. The van der Waals surface area contributed by atoms with Gasteiger partial charge in [-0.1, -0.05) is 11.6 Å². The van der Waals surface area contributed by atoms with Crippen molar-refractivity contribution >= 4 is 51.6 Å². The molecule has 0 spiro atoms. The molecule has 0 fully saturated rings. The Morgan fingerprint density at radius 1 is 1.47 bits per heavy atom. The standard InChI is InChI=1S/C9H5ClINO5/c10-4-1-6(11)5(3-8(13)9(14)15)7(2-4)12(16)17/h1-2H,3H2,(H,14,15). The lowest BCUT2D eigenvalue weighted by Crippen LogP contribution is -2.16. The molecule has 1 N–H and O–H groups in total. The van der Waals surface area contributed by atoms with Gasteiger partial charge in [-0.05, 0) is 28.7 Å². The van der Waals surface area contributed by atoms with Gasteiger partial charge in [0, 0.05) is 14.7 Å². The van der Waals surface area contributed by atoms with Crippen molar-refractivity contribution in [3.05, 3.63) is 36.4 Å². The minimum atomic E-state index is -1.62. The van der Waals surface area contributed by atoms with Crippen LogP contribution in [0.3, 0.4) is 0 Å². The molecule has 0 heterocycles. The van der Waals surface area contributed by atoms with E-state index in [0.717, 1.165) is 6.07 Å². The SMILES string of the molecule is O=C(O)C(=O)Cc1c(I)cc(Cl)cc1[N+](=O)[O-]. The summed E-state index contributed by atoms with van der Waals surface area (Å²) < 4.78 is 0.386. The molecule has 17 heavy (non-hydrogen) atoms. The third-order valence-corrected chi connectivity index (χ3v) is 3.09. The van der Waals surface area contributed by atoms with Crippen LogP contribution in [0.25, 0.3) is 0 Å². The summed E-state index contributed by atoms with van der Waals surface area (Å²) in [4.78, 5) is 31.5. The molecule has 8 heteroatoms. The van der Waals surface area contributed by atoms with Gasteiger partial charge in [-0.2, -0.15) is 0 Å². The molecule has 1 rings (SSSR count). The predicted molar refractivity (Wildman–Crippen MR) is 67.2 cm³/mol. The Hall–Kier alpha value is -1.22. The first-order valence-corrected chi connectivity index (χ1v) is 5.67. The Kier molecular flexibility index (Phi) is 4.40. The van der Waals surface area contributed by atoms with E-state index in [1.165, 1.54) is 6.07 Å². The summed E-state index contributed by atoms with van der Waals surface area (Å²) in [5.41, 5.74) is -0.288. The predicted octanol–water partition coefficient (Wildman–Crippen LogP) is 2.05. The lowest BCUT2D eigenvalue weighted by Gasteiger charge is -2.04. The van der Waals surface area contributed by atoms with E-state index in [1.807, 2.05) is 0 Å². The van der Waals surface area contributed by atoms with Gasteiger partial charge in [-0.3, -0.25) is 14.9 Å². The van der Waals surface area contributed by atoms with Crippen molar-refractivity contribution in [1.29, 1.82) is 0 Å². The molecule has 6 nitrogen and oxygen atoms in total. The molecule has 0 radical (unpaired) electrons. The molecular formula is C9H5ClINO5. The molecule has 0 saturated carbocycles. The average Bonchev–Trinajstić information content (AvgIpc) is 2.20. The maximum absolute atomic E-state index is 11.1. The first-order chi connectivity index (χ1) is 7.82. The molecule has 90 valence electrons. The normalized spacial score (nSPS) is 10.0. The number of benzene rings is 1. The number of Topliss-reactive ketones (excluding diaryl/α,β-unsaturated/α-hetero) is 1. The fraction of sp³-hybridized carbons (Fsp3) is 0.111. The monoisotopic (exact) mass is 369 g/mol. The molecule has 0 amide bonds. The second-order valence-electron chi connectivity index (χ2n) is 3.05. The van der Waals surface area contributed by atoms with Crippen molar-refractivity contribution in [2.75, 3.05) is 0 Å². The lowest BCUT2D eigenvalue weighted by atomic mass is 10.1. The number of carboxylic acids is 1. The number of nitro benzene ring substituents is 1. The van der Waals surface area contributed by atoms with Crippen molar-refractivity contribution in [2.24, 2.45) is 0 Å². The highest BCUT2D eigenvalue weighted by atomic mass is 127. The van der Waals surface area contributed by atoms with Gasteiger partial charge < -0.3 is 5.11 Å². The zero-order valence-corrected chi connectivity index (χ0v) is 11.1. The average molecular weight is 369 g/mol. The number of hydrogen-bond acceptors (Lipinski definition) is 4. The summed E-state index contributed by atoms with van der Waals surface area (Å²) in [6.07, 6.45) is -0.527. The van der Waals surface area contributed by atoms with Gasteiger partial charge in [-0.25, -0.2) is 4.79 Å². The molecule has 0 unspecified atom stereocenters. The fourth-order valence-electron chi connectivity index (χ4n) is 1.16. The summed E-state index contributed by atoms with van der Waals surface area (Å²) in [6.45, 7) is 0. The maximum atomic E-state index is 11.1. The summed E-state index contributed by atoms with van der Waals surface area (Å²) in [5.74, 6) is -2.72. The number of halogens is 2. The van der Waals surface area contributed by atoms with Crippen molar-refractivity contribution in [3.8, 4) is 0 Å². The fourth-order valence-corrected chi connectivity index (χ4v) is 2.36. The maximum Gasteiger partial charge on any atom is 0.372 e. The van der Waals surface area contributed by atoms with Crippen LogP contribution in [0, 0.1) is 13.7 Å². The van der Waals surface area contributed by atoms with E-state index in [-0.39, 0.29) is 16.3 Å². The van der Waals surface area contributed by atoms with Crippen LogP contribution in [0.4, 0.5) is 5.69 Å². The second-order valence-corrected chi connectivity index (χ2v) is 4.65. The highest BCUT2D eigenvalue weighted by molar-refractivity contribution is 14.1. The number of nitrogens with zero attached hydrogens (tertiary/aromatic N) is 1. The largest absolute Gasteiger partial charge is 0.475 e. The van der Waals surface area contributed by atoms with Crippen LogP contribution in [0.15, 0.2) is 12.1 Å². The molecule has 0 bridgehead atoms. The van der Waals surface area contributed by atoms with E-state index < -0.39 is 23.1 Å². The molecule has 0 saturated heterocycles. The second kappa shape index (κ2) is 5.41. The third-order valence-electron chi connectivity index (χ3n) is 1.91. The third kappa shape index (κ3) is 3.37. The highest BCUT2D eigenvalue weighted by Crippen LogP contribution is 2.29. The van der Waals surface area contributed by atoms with Gasteiger partial charge in [-0.15, -0.1) is 0 Å². The van der Waals surface area contributed by atoms with Crippen LogP contribution in [0.1, 0.15) is 5.56 Å². The van der Waals surface area contributed by atoms with Crippen LogP contribution in [0.5, 0.6) is 0 Å². The van der Waals surface area contributed by atoms with Crippen LogP contribution in [-0.4, -0.2) is 21.8 Å². The molecule has 0 aliphatic heterocycles. The van der Waals surface area contributed by atoms with E-state index in [1.54, 1.807) is 22.6 Å². The summed E-state index contributed by atoms with van der Waals surface area (Å²) in [7, 11) is 0. The highest BCUT2D eigenvalue weighted by Gasteiger charge is 2.23. The summed E-state index contributed by atoms with van der Waals surface area (Å²) in [6, 6.07) is 2.52. The van der Waals surface area contributed by atoms with Crippen LogP contribution in [-0.2, 0) is 16.0 Å². The van der Waals surface area contributed by atoms with Gasteiger partial charge in [0.2, 0.25) is 5.78 Å². The van der Waals surface area contributed by atoms with Crippen molar-refractivity contribution in [3.63, 3.8) is 0 Å². The molecule has 0 aliphatic carbocycles. The minimum Gasteiger partial charge on any atom is -0.475 e. The van der Waals surface area contributed by atoms with Crippen molar-refractivity contribution < 1.29 is 19.6 Å². The van der Waals surface area contributed by atoms with Crippen molar-refractivity contribution in [1.82, 2.24) is 0 Å². The zero-order valence-electron chi connectivity index (χ0n) is 8.15. The number of aliphatic carboxylic acids is 1. The van der Waals surface area contributed by atoms with E-state index in [2.05, 4.69) is 0 Å².